The zero-order chi connectivity index (χ0) is 25.0. The molecular weight excluding hydrogens is 418 g/mol. The van der Waals surface area contributed by atoms with E-state index in [9.17, 15) is 9.90 Å². The molecule has 0 aromatic carbocycles. The van der Waals surface area contributed by atoms with Crippen LogP contribution < -0.4 is 9.64 Å². The van der Waals surface area contributed by atoms with Crippen LogP contribution in [0.5, 0.6) is 5.75 Å². The summed E-state index contributed by atoms with van der Waals surface area (Å²) in [5.74, 6) is 0.599. The third-order valence-corrected chi connectivity index (χ3v) is 4.97. The molecule has 33 heavy (non-hydrogen) atoms. The average Bonchev–Trinajstić information content (AvgIpc) is 3.61. The lowest BCUT2D eigenvalue weighted by Crippen LogP contribution is -2.25. The summed E-state index contributed by atoms with van der Waals surface area (Å²) in [5, 5.41) is 17.4. The second-order valence-corrected chi connectivity index (χ2v) is 8.05. The normalized spacial score (nSPS) is 12.3. The molecule has 1 fully saturated rings. The van der Waals surface area contributed by atoms with Crippen molar-refractivity contribution in [3.63, 3.8) is 0 Å². The minimum atomic E-state index is -0.859. The number of hydrogen-bond acceptors (Lipinski definition) is 6. The number of carboxylic acid groups (broad SMARTS) is 1. The van der Waals surface area contributed by atoms with Crippen LogP contribution in [-0.2, 0) is 11.2 Å². The topological polar surface area (TPSA) is 95.8 Å². The van der Waals surface area contributed by atoms with Gasteiger partial charge in [-0.15, -0.1) is 0 Å². The van der Waals surface area contributed by atoms with Gasteiger partial charge in [-0.25, -0.2) is 0 Å². The van der Waals surface area contributed by atoms with Crippen LogP contribution in [0.1, 0.15) is 65.6 Å². The molecule has 1 saturated carbocycles. The van der Waals surface area contributed by atoms with Gasteiger partial charge in [0.2, 0.25) is 0 Å². The predicted molar refractivity (Wildman–Crippen MR) is 134 cm³/mol. The van der Waals surface area contributed by atoms with Gasteiger partial charge in [0.05, 0.1) is 30.6 Å². The van der Waals surface area contributed by atoms with E-state index < -0.39 is 5.97 Å². The van der Waals surface area contributed by atoms with Crippen molar-refractivity contribution in [2.45, 2.75) is 73.8 Å². The molecule has 2 heterocycles. The fourth-order valence-electron chi connectivity index (χ4n) is 3.21. The number of hydrogen-bond donors (Lipinski definition) is 2. The van der Waals surface area contributed by atoms with Gasteiger partial charge in [-0.2, -0.15) is 0 Å². The molecule has 0 bridgehead atoms. The molecular formula is C26H41N3O4. The summed E-state index contributed by atoms with van der Waals surface area (Å²) in [6.07, 6.45) is 5.81. The molecule has 0 amide bonds. The minimum absolute atomic E-state index is 0.0545. The molecule has 0 unspecified atom stereocenters. The number of carboxylic acids is 1. The van der Waals surface area contributed by atoms with E-state index >= 15 is 0 Å². The van der Waals surface area contributed by atoms with Crippen LogP contribution in [0.4, 0.5) is 5.69 Å². The van der Waals surface area contributed by atoms with Crippen molar-refractivity contribution in [1.29, 1.82) is 0 Å². The van der Waals surface area contributed by atoms with E-state index in [0.717, 1.165) is 53.6 Å². The van der Waals surface area contributed by atoms with Gasteiger partial charge in [0, 0.05) is 42.2 Å². The molecule has 7 nitrogen and oxygen atoms in total. The van der Waals surface area contributed by atoms with Crippen molar-refractivity contribution in [2.75, 3.05) is 24.6 Å². The first-order chi connectivity index (χ1) is 15.8. The molecule has 2 N–H and O–H groups in total. The van der Waals surface area contributed by atoms with Gasteiger partial charge in [0.15, 0.2) is 0 Å². The van der Waals surface area contributed by atoms with Gasteiger partial charge in [-0.3, -0.25) is 14.8 Å². The first-order valence-electron chi connectivity index (χ1n) is 12.0. The highest BCUT2D eigenvalue weighted by molar-refractivity contribution is 5.83. The number of aliphatic carboxylic acids is 1. The fraction of sp³-hybridized carbons (Fsp3) is 0.577. The van der Waals surface area contributed by atoms with Gasteiger partial charge in [0.1, 0.15) is 5.75 Å². The van der Waals surface area contributed by atoms with Crippen molar-refractivity contribution >= 4 is 11.7 Å². The molecule has 1 aliphatic carbocycles. The summed E-state index contributed by atoms with van der Waals surface area (Å²) < 4.78 is 5.77. The van der Waals surface area contributed by atoms with Gasteiger partial charge in [-0.1, -0.05) is 13.8 Å². The number of aliphatic hydroxyl groups excluding tert-OH is 1. The smallest absolute Gasteiger partial charge is 0.307 e. The minimum Gasteiger partial charge on any atom is -0.492 e. The first kappa shape index (κ1) is 28.4. The maximum atomic E-state index is 11.4. The fourth-order valence-corrected chi connectivity index (χ4v) is 3.21. The van der Waals surface area contributed by atoms with E-state index in [1.165, 1.54) is 12.8 Å². The lowest BCUT2D eigenvalue weighted by molar-refractivity contribution is -0.136. The Labute approximate surface area is 198 Å². The Morgan fingerprint density at radius 1 is 1.15 bits per heavy atom. The summed E-state index contributed by atoms with van der Waals surface area (Å²) in [4.78, 5) is 22.6. The van der Waals surface area contributed by atoms with E-state index in [1.807, 2.05) is 32.9 Å². The summed E-state index contributed by atoms with van der Waals surface area (Å²) in [5.41, 5.74) is 4.03. The zero-order valence-electron chi connectivity index (χ0n) is 21.3. The lowest BCUT2D eigenvalue weighted by Gasteiger charge is -2.27. The molecule has 0 atom stereocenters. The first-order valence-corrected chi connectivity index (χ1v) is 12.0. The van der Waals surface area contributed by atoms with Gasteiger partial charge < -0.3 is 19.8 Å². The number of aliphatic hydroxyl groups is 1. The van der Waals surface area contributed by atoms with E-state index in [0.29, 0.717) is 5.92 Å². The maximum absolute atomic E-state index is 11.4. The number of carbonyl (C=O) groups is 1. The molecule has 184 valence electrons. The van der Waals surface area contributed by atoms with Gasteiger partial charge in [-0.05, 0) is 65.5 Å². The summed E-state index contributed by atoms with van der Waals surface area (Å²) in [6.45, 7) is 15.7. The van der Waals surface area contributed by atoms with Crippen LogP contribution in [-0.4, -0.2) is 52.0 Å². The van der Waals surface area contributed by atoms with Crippen molar-refractivity contribution < 1.29 is 19.7 Å². The summed E-state index contributed by atoms with van der Waals surface area (Å²) in [7, 11) is 0. The third-order valence-electron chi connectivity index (χ3n) is 4.97. The molecule has 0 radical (unpaired) electrons. The Hall–Kier alpha value is -2.67. The van der Waals surface area contributed by atoms with Crippen LogP contribution in [0.25, 0.3) is 11.3 Å². The highest BCUT2D eigenvalue weighted by atomic mass is 16.5. The predicted octanol–water partition coefficient (Wildman–Crippen LogP) is 5.13. The monoisotopic (exact) mass is 459 g/mol. The molecule has 0 spiro atoms. The van der Waals surface area contributed by atoms with E-state index in [1.54, 1.807) is 26.2 Å². The second-order valence-electron chi connectivity index (χ2n) is 8.05. The Morgan fingerprint density at radius 3 is 2.21 bits per heavy atom. The number of rotatable bonds is 9. The summed E-state index contributed by atoms with van der Waals surface area (Å²) in [6, 6.07) is 3.85. The number of aryl methyl sites for hydroxylation is 1. The molecule has 1 aliphatic rings. The molecule has 2 aromatic rings. The van der Waals surface area contributed by atoms with Crippen molar-refractivity contribution in [2.24, 2.45) is 5.92 Å². The van der Waals surface area contributed by atoms with E-state index in [-0.39, 0.29) is 12.5 Å². The van der Waals surface area contributed by atoms with Crippen molar-refractivity contribution in [3.05, 3.63) is 35.8 Å². The van der Waals surface area contributed by atoms with Gasteiger partial charge >= 0.3 is 5.97 Å². The number of aromatic nitrogens is 2. The summed E-state index contributed by atoms with van der Waals surface area (Å²) >= 11 is 0. The second kappa shape index (κ2) is 14.5. The number of pyridine rings is 2. The van der Waals surface area contributed by atoms with Crippen LogP contribution in [0, 0.1) is 12.8 Å². The largest absolute Gasteiger partial charge is 0.492 e. The average molecular weight is 460 g/mol. The van der Waals surface area contributed by atoms with Crippen LogP contribution in [0.2, 0.25) is 0 Å². The van der Waals surface area contributed by atoms with Crippen LogP contribution in [0.3, 0.4) is 0 Å². The third kappa shape index (κ3) is 9.38. The number of anilines is 1. The van der Waals surface area contributed by atoms with Crippen molar-refractivity contribution in [3.8, 4) is 17.0 Å². The zero-order valence-corrected chi connectivity index (χ0v) is 21.3. The standard InChI is InChI=1S/C21H27N3O3.C3H8O.C2H6/c1-4-24(5-2)21-17(10-20(25)26)14(3)22-12-18(21)19-9-8-16(11-23-19)27-13-15-6-7-15;1-3(2)4;1-2/h8-9,11-12,15H,4-7,10,13H2,1-3H3,(H,25,26);3-4H,1-2H3;1-2H3. The van der Waals surface area contributed by atoms with Crippen LogP contribution >= 0.6 is 0 Å². The number of nitrogens with zero attached hydrogens (tertiary/aromatic N) is 3. The molecule has 0 aliphatic heterocycles. The number of ether oxygens (including phenoxy) is 1. The van der Waals surface area contributed by atoms with E-state index in [2.05, 4.69) is 28.7 Å². The van der Waals surface area contributed by atoms with Crippen LogP contribution in [0.15, 0.2) is 24.5 Å². The molecule has 7 heteroatoms. The molecule has 2 aromatic heterocycles. The molecule has 0 saturated heterocycles. The van der Waals surface area contributed by atoms with Crippen molar-refractivity contribution in [1.82, 2.24) is 9.97 Å². The lowest BCUT2D eigenvalue weighted by atomic mass is 10.0. The SMILES string of the molecule is CC.CC(C)O.CCN(CC)c1c(-c2ccc(OCC3CC3)cn2)cnc(C)c1CC(=O)O. The Kier molecular flexibility index (Phi) is 12.4. The van der Waals surface area contributed by atoms with Gasteiger partial charge in [0.25, 0.3) is 0 Å². The highest BCUT2D eigenvalue weighted by Gasteiger charge is 2.23. The van der Waals surface area contributed by atoms with E-state index in [4.69, 9.17) is 9.84 Å². The Balaban J connectivity index is 0.000000820. The Morgan fingerprint density at radius 2 is 1.76 bits per heavy atom. The molecule has 3 rings (SSSR count). The maximum Gasteiger partial charge on any atom is 0.307 e. The Bertz CT molecular complexity index is 843. The quantitative estimate of drug-likeness (QED) is 0.537. The highest BCUT2D eigenvalue weighted by Crippen LogP contribution is 2.35.